The summed E-state index contributed by atoms with van der Waals surface area (Å²) in [5.74, 6) is 2.44. The van der Waals surface area contributed by atoms with E-state index in [4.69, 9.17) is 10.00 Å². The smallest absolute Gasteiger partial charge is 0.227 e. The minimum absolute atomic E-state index is 0.493. The summed E-state index contributed by atoms with van der Waals surface area (Å²) in [4.78, 5) is 8.55. The SMILES string of the molecule is CNc1nc(C)nc(Oc2cccc(C#N)c2)c1C. The molecule has 1 aromatic carbocycles. The monoisotopic (exact) mass is 254 g/mol. The van der Waals surface area contributed by atoms with E-state index >= 15 is 0 Å². The third kappa shape index (κ3) is 2.80. The Morgan fingerprint density at radius 2 is 2.05 bits per heavy atom. The van der Waals surface area contributed by atoms with Crippen LogP contribution in [0.5, 0.6) is 11.6 Å². The maximum absolute atomic E-state index is 8.87. The van der Waals surface area contributed by atoms with Crippen LogP contribution in [0.2, 0.25) is 0 Å². The van der Waals surface area contributed by atoms with Gasteiger partial charge in [0.2, 0.25) is 5.88 Å². The number of hydrogen-bond acceptors (Lipinski definition) is 5. The zero-order valence-corrected chi connectivity index (χ0v) is 11.1. The van der Waals surface area contributed by atoms with E-state index in [1.807, 2.05) is 6.92 Å². The van der Waals surface area contributed by atoms with E-state index in [2.05, 4.69) is 21.4 Å². The fourth-order valence-electron chi connectivity index (χ4n) is 1.69. The van der Waals surface area contributed by atoms with Crippen molar-refractivity contribution in [3.8, 4) is 17.7 Å². The van der Waals surface area contributed by atoms with Gasteiger partial charge in [0.1, 0.15) is 17.4 Å². The summed E-state index contributed by atoms with van der Waals surface area (Å²) in [5, 5.41) is 11.9. The molecule has 0 aliphatic rings. The van der Waals surface area contributed by atoms with Gasteiger partial charge in [0.05, 0.1) is 17.2 Å². The highest BCUT2D eigenvalue weighted by Gasteiger charge is 2.10. The molecule has 1 heterocycles. The molecule has 0 unspecified atom stereocenters. The van der Waals surface area contributed by atoms with E-state index < -0.39 is 0 Å². The summed E-state index contributed by atoms with van der Waals surface area (Å²) in [6.07, 6.45) is 0. The number of aryl methyl sites for hydroxylation is 1. The molecule has 0 bridgehead atoms. The van der Waals surface area contributed by atoms with E-state index in [0.717, 1.165) is 11.4 Å². The van der Waals surface area contributed by atoms with Gasteiger partial charge in [0.15, 0.2) is 0 Å². The molecule has 2 aromatic rings. The van der Waals surface area contributed by atoms with Gasteiger partial charge < -0.3 is 10.1 Å². The second kappa shape index (κ2) is 5.36. The molecule has 96 valence electrons. The summed E-state index contributed by atoms with van der Waals surface area (Å²) in [6.45, 7) is 3.69. The molecule has 0 spiro atoms. The number of rotatable bonds is 3. The van der Waals surface area contributed by atoms with E-state index in [9.17, 15) is 0 Å². The minimum atomic E-state index is 0.493. The Labute approximate surface area is 111 Å². The summed E-state index contributed by atoms with van der Waals surface area (Å²) < 4.78 is 5.73. The maximum atomic E-state index is 8.87. The Bertz CT molecular complexity index is 646. The summed E-state index contributed by atoms with van der Waals surface area (Å²) in [7, 11) is 1.80. The summed E-state index contributed by atoms with van der Waals surface area (Å²) in [5.41, 5.74) is 1.38. The minimum Gasteiger partial charge on any atom is -0.439 e. The van der Waals surface area contributed by atoms with Crippen molar-refractivity contribution in [2.45, 2.75) is 13.8 Å². The van der Waals surface area contributed by atoms with E-state index in [-0.39, 0.29) is 0 Å². The molecule has 5 heteroatoms. The fraction of sp³-hybridized carbons (Fsp3) is 0.214. The van der Waals surface area contributed by atoms with E-state index in [0.29, 0.717) is 23.0 Å². The first kappa shape index (κ1) is 12.8. The maximum Gasteiger partial charge on any atom is 0.227 e. The molecular weight excluding hydrogens is 240 g/mol. The van der Waals surface area contributed by atoms with Gasteiger partial charge in [0.25, 0.3) is 0 Å². The third-order valence-electron chi connectivity index (χ3n) is 2.63. The van der Waals surface area contributed by atoms with Gasteiger partial charge in [-0.1, -0.05) is 6.07 Å². The molecule has 19 heavy (non-hydrogen) atoms. The number of anilines is 1. The molecule has 0 saturated carbocycles. The molecule has 0 aliphatic heterocycles. The number of ether oxygens (including phenoxy) is 1. The van der Waals surface area contributed by atoms with Crippen LogP contribution in [0, 0.1) is 25.2 Å². The van der Waals surface area contributed by atoms with Crippen LogP contribution < -0.4 is 10.1 Å². The van der Waals surface area contributed by atoms with Gasteiger partial charge in [-0.15, -0.1) is 0 Å². The van der Waals surface area contributed by atoms with Crippen LogP contribution in [-0.4, -0.2) is 17.0 Å². The highest BCUT2D eigenvalue weighted by molar-refractivity contribution is 5.49. The number of nitriles is 1. The topological polar surface area (TPSA) is 70.8 Å². The Morgan fingerprint density at radius 1 is 1.26 bits per heavy atom. The molecule has 0 radical (unpaired) electrons. The zero-order valence-electron chi connectivity index (χ0n) is 11.1. The van der Waals surface area contributed by atoms with Crippen molar-refractivity contribution in [3.63, 3.8) is 0 Å². The highest BCUT2D eigenvalue weighted by Crippen LogP contribution is 2.27. The molecule has 0 fully saturated rings. The van der Waals surface area contributed by atoms with Gasteiger partial charge in [0, 0.05) is 7.05 Å². The number of nitrogens with one attached hydrogen (secondary N) is 1. The van der Waals surface area contributed by atoms with Crippen molar-refractivity contribution in [3.05, 3.63) is 41.2 Å². The lowest BCUT2D eigenvalue weighted by Crippen LogP contribution is -2.02. The van der Waals surface area contributed by atoms with E-state index in [1.165, 1.54) is 0 Å². The quantitative estimate of drug-likeness (QED) is 0.911. The normalized spacial score (nSPS) is 9.79. The Morgan fingerprint density at radius 3 is 2.74 bits per heavy atom. The second-order valence-corrected chi connectivity index (χ2v) is 4.04. The van der Waals surface area contributed by atoms with Crippen LogP contribution in [0.4, 0.5) is 5.82 Å². The predicted molar refractivity (Wildman–Crippen MR) is 72.3 cm³/mol. The molecule has 0 saturated heterocycles. The highest BCUT2D eigenvalue weighted by atomic mass is 16.5. The largest absolute Gasteiger partial charge is 0.439 e. The van der Waals surface area contributed by atoms with Crippen LogP contribution in [0.1, 0.15) is 17.0 Å². The number of benzene rings is 1. The van der Waals surface area contributed by atoms with Crippen LogP contribution in [0.25, 0.3) is 0 Å². The fourth-order valence-corrected chi connectivity index (χ4v) is 1.69. The molecule has 0 atom stereocenters. The van der Waals surface area contributed by atoms with Crippen LogP contribution in [0.3, 0.4) is 0 Å². The van der Waals surface area contributed by atoms with Gasteiger partial charge in [-0.2, -0.15) is 10.2 Å². The van der Waals surface area contributed by atoms with Crippen molar-refractivity contribution < 1.29 is 4.74 Å². The lowest BCUT2D eigenvalue weighted by Gasteiger charge is -2.11. The van der Waals surface area contributed by atoms with Crippen LogP contribution in [0.15, 0.2) is 24.3 Å². The van der Waals surface area contributed by atoms with Crippen molar-refractivity contribution in [1.82, 2.24) is 9.97 Å². The lowest BCUT2D eigenvalue weighted by atomic mass is 10.2. The van der Waals surface area contributed by atoms with Crippen LogP contribution in [-0.2, 0) is 0 Å². The molecule has 1 N–H and O–H groups in total. The first-order chi connectivity index (χ1) is 9.13. The predicted octanol–water partition coefficient (Wildman–Crippen LogP) is 2.80. The molecule has 1 aromatic heterocycles. The Hall–Kier alpha value is -2.61. The van der Waals surface area contributed by atoms with Gasteiger partial charge in [-0.3, -0.25) is 0 Å². The molecule has 2 rings (SSSR count). The molecule has 0 amide bonds. The molecular formula is C14H14N4O. The molecule has 0 aliphatic carbocycles. The Balaban J connectivity index is 2.38. The summed E-state index contributed by atoms with van der Waals surface area (Å²) in [6, 6.07) is 9.04. The number of nitrogens with zero attached hydrogens (tertiary/aromatic N) is 3. The second-order valence-electron chi connectivity index (χ2n) is 4.04. The van der Waals surface area contributed by atoms with Crippen molar-refractivity contribution in [2.24, 2.45) is 0 Å². The Kier molecular flexibility index (Phi) is 3.62. The van der Waals surface area contributed by atoms with Crippen molar-refractivity contribution in [2.75, 3.05) is 12.4 Å². The third-order valence-corrected chi connectivity index (χ3v) is 2.63. The van der Waals surface area contributed by atoms with Crippen molar-refractivity contribution in [1.29, 1.82) is 5.26 Å². The zero-order chi connectivity index (χ0) is 13.8. The van der Waals surface area contributed by atoms with Gasteiger partial charge in [-0.05, 0) is 32.0 Å². The average Bonchev–Trinajstić information content (AvgIpc) is 2.42. The van der Waals surface area contributed by atoms with E-state index in [1.54, 1.807) is 38.2 Å². The first-order valence-corrected chi connectivity index (χ1v) is 5.85. The van der Waals surface area contributed by atoms with Crippen LogP contribution >= 0.6 is 0 Å². The van der Waals surface area contributed by atoms with Crippen molar-refractivity contribution >= 4 is 5.82 Å². The lowest BCUT2D eigenvalue weighted by molar-refractivity contribution is 0.456. The standard InChI is InChI=1S/C14H14N4O/c1-9-13(16-3)17-10(2)18-14(9)19-12-6-4-5-11(7-12)8-15/h4-7H,1-3H3,(H,16,17,18). The first-order valence-electron chi connectivity index (χ1n) is 5.85. The van der Waals surface area contributed by atoms with Gasteiger partial charge in [-0.25, -0.2) is 4.98 Å². The van der Waals surface area contributed by atoms with Gasteiger partial charge >= 0.3 is 0 Å². The average molecular weight is 254 g/mol. The molecule has 5 nitrogen and oxygen atoms in total. The number of aromatic nitrogens is 2. The summed E-state index contributed by atoms with van der Waals surface area (Å²) >= 11 is 0. The number of hydrogen-bond donors (Lipinski definition) is 1.